The maximum atomic E-state index is 12.7. The van der Waals surface area contributed by atoms with E-state index in [9.17, 15) is 9.59 Å². The zero-order chi connectivity index (χ0) is 20.6. The van der Waals surface area contributed by atoms with Gasteiger partial charge in [-0.05, 0) is 44.4 Å². The largest absolute Gasteiger partial charge is 0.381 e. The van der Waals surface area contributed by atoms with Crippen LogP contribution in [0, 0.1) is 23.7 Å². The number of likely N-dealkylation sites (tertiary alicyclic amines) is 1. The average Bonchev–Trinajstić information content (AvgIpc) is 3.39. The van der Waals surface area contributed by atoms with Gasteiger partial charge in [-0.3, -0.25) is 19.5 Å². The molecule has 8 heteroatoms. The van der Waals surface area contributed by atoms with E-state index < -0.39 is 0 Å². The Morgan fingerprint density at radius 3 is 2.37 bits per heavy atom. The van der Waals surface area contributed by atoms with Gasteiger partial charge in [0.25, 0.3) is 0 Å². The fourth-order valence-electron chi connectivity index (χ4n) is 4.68. The average molecular weight is 532 g/mol. The molecule has 1 saturated carbocycles. The fourth-order valence-corrected chi connectivity index (χ4v) is 4.68. The van der Waals surface area contributed by atoms with Gasteiger partial charge in [0, 0.05) is 39.4 Å². The van der Waals surface area contributed by atoms with Crippen molar-refractivity contribution in [3.05, 3.63) is 12.2 Å². The highest BCUT2D eigenvalue weighted by Gasteiger charge is 2.58. The highest BCUT2D eigenvalue weighted by atomic mass is 127. The number of ether oxygens (including phenoxy) is 1. The second kappa shape index (κ2) is 12.6. The van der Waals surface area contributed by atoms with Crippen LogP contribution in [0.25, 0.3) is 0 Å². The Morgan fingerprint density at radius 1 is 1.07 bits per heavy atom. The second-order valence-electron chi connectivity index (χ2n) is 8.19. The number of halogens is 1. The Labute approximate surface area is 197 Å². The van der Waals surface area contributed by atoms with Gasteiger partial charge in [-0.15, -0.1) is 24.0 Å². The van der Waals surface area contributed by atoms with E-state index in [1.54, 1.807) is 0 Å². The maximum absolute atomic E-state index is 12.7. The van der Waals surface area contributed by atoms with Crippen molar-refractivity contribution in [3.8, 4) is 0 Å². The number of fused-ring (bicyclic) bond motifs is 5. The maximum Gasteiger partial charge on any atom is 0.233 e. The van der Waals surface area contributed by atoms with Crippen molar-refractivity contribution in [2.45, 2.75) is 46.0 Å². The van der Waals surface area contributed by atoms with Gasteiger partial charge in [0.05, 0.1) is 11.8 Å². The molecule has 4 atom stereocenters. The molecule has 0 aromatic carbocycles. The molecule has 2 amide bonds. The number of hydrogen-bond donors (Lipinski definition) is 2. The summed E-state index contributed by atoms with van der Waals surface area (Å²) in [7, 11) is 0. The molecule has 2 bridgehead atoms. The summed E-state index contributed by atoms with van der Waals surface area (Å²) in [6, 6.07) is 0. The molecule has 0 aromatic heterocycles. The lowest BCUT2D eigenvalue weighted by Crippen LogP contribution is -2.38. The lowest BCUT2D eigenvalue weighted by atomic mass is 9.85. The number of carbonyl (C=O) groups is 2. The third-order valence-electron chi connectivity index (χ3n) is 6.12. The van der Waals surface area contributed by atoms with Crippen molar-refractivity contribution >= 4 is 41.8 Å². The summed E-state index contributed by atoms with van der Waals surface area (Å²) in [6.45, 7) is 8.43. The summed E-state index contributed by atoms with van der Waals surface area (Å²) in [5.74, 6) is 1.21. The van der Waals surface area contributed by atoms with Crippen LogP contribution in [0.1, 0.15) is 46.0 Å². The van der Waals surface area contributed by atoms with Gasteiger partial charge in [0.1, 0.15) is 0 Å². The molecule has 2 N–H and O–H groups in total. The van der Waals surface area contributed by atoms with Crippen molar-refractivity contribution < 1.29 is 14.3 Å². The molecule has 1 aliphatic heterocycles. The number of aliphatic imine (C=N–C) groups is 1. The number of unbranched alkanes of at least 4 members (excludes halogenated alkanes) is 1. The number of guanidine groups is 1. The minimum atomic E-state index is -0.0977. The molecule has 3 aliphatic rings. The Kier molecular flexibility index (Phi) is 10.6. The molecule has 2 aliphatic carbocycles. The van der Waals surface area contributed by atoms with Crippen LogP contribution in [0.5, 0.6) is 0 Å². The van der Waals surface area contributed by atoms with Crippen molar-refractivity contribution in [1.82, 2.24) is 15.5 Å². The summed E-state index contributed by atoms with van der Waals surface area (Å²) >= 11 is 0. The summed E-state index contributed by atoms with van der Waals surface area (Å²) in [6.07, 6.45) is 9.14. The molecule has 0 radical (unpaired) electrons. The van der Waals surface area contributed by atoms with E-state index in [0.717, 1.165) is 57.9 Å². The van der Waals surface area contributed by atoms with Crippen molar-refractivity contribution in [2.24, 2.45) is 28.7 Å². The topological polar surface area (TPSA) is 83.0 Å². The van der Waals surface area contributed by atoms with E-state index >= 15 is 0 Å². The summed E-state index contributed by atoms with van der Waals surface area (Å²) in [5.41, 5.74) is 0. The van der Waals surface area contributed by atoms with E-state index in [1.165, 1.54) is 4.90 Å². The summed E-state index contributed by atoms with van der Waals surface area (Å²) < 4.78 is 5.57. The van der Waals surface area contributed by atoms with Crippen LogP contribution in [0.2, 0.25) is 0 Å². The van der Waals surface area contributed by atoms with E-state index in [1.807, 2.05) is 6.92 Å². The van der Waals surface area contributed by atoms with Gasteiger partial charge in [-0.1, -0.05) is 25.5 Å². The van der Waals surface area contributed by atoms with Crippen LogP contribution in [-0.2, 0) is 14.3 Å². The van der Waals surface area contributed by atoms with E-state index in [-0.39, 0.29) is 59.5 Å². The fraction of sp³-hybridized carbons (Fsp3) is 0.773. The SMILES string of the molecule is CCCCOCCCNC(=NCCCN1C(=O)C2C3C=CC(C3)C2C1=O)NCC.I. The monoisotopic (exact) mass is 532 g/mol. The minimum Gasteiger partial charge on any atom is -0.381 e. The summed E-state index contributed by atoms with van der Waals surface area (Å²) in [5, 5.41) is 6.55. The third kappa shape index (κ3) is 5.96. The normalized spacial score (nSPS) is 26.9. The molecular formula is C22H37IN4O3. The third-order valence-corrected chi connectivity index (χ3v) is 6.12. The number of carbonyl (C=O) groups excluding carboxylic acids is 2. The molecule has 3 rings (SSSR count). The zero-order valence-electron chi connectivity index (χ0n) is 18.3. The molecule has 1 heterocycles. The van der Waals surface area contributed by atoms with Crippen LogP contribution >= 0.6 is 24.0 Å². The van der Waals surface area contributed by atoms with Crippen molar-refractivity contribution in [1.29, 1.82) is 0 Å². The molecule has 1 saturated heterocycles. The van der Waals surface area contributed by atoms with E-state index in [0.29, 0.717) is 19.5 Å². The first-order chi connectivity index (χ1) is 14.2. The van der Waals surface area contributed by atoms with Gasteiger partial charge >= 0.3 is 0 Å². The predicted molar refractivity (Wildman–Crippen MR) is 129 cm³/mol. The Morgan fingerprint density at radius 2 is 1.73 bits per heavy atom. The van der Waals surface area contributed by atoms with Gasteiger partial charge in [-0.25, -0.2) is 0 Å². The molecule has 30 heavy (non-hydrogen) atoms. The number of hydrogen-bond acceptors (Lipinski definition) is 4. The second-order valence-corrected chi connectivity index (χ2v) is 8.19. The first-order valence-electron chi connectivity index (χ1n) is 11.3. The molecule has 0 spiro atoms. The Hall–Kier alpha value is -1.16. The van der Waals surface area contributed by atoms with Crippen LogP contribution in [-0.4, -0.2) is 62.1 Å². The number of amides is 2. The molecule has 2 fully saturated rings. The number of rotatable bonds is 12. The first-order valence-corrected chi connectivity index (χ1v) is 11.3. The van der Waals surface area contributed by atoms with Gasteiger partial charge < -0.3 is 15.4 Å². The first kappa shape index (κ1) is 25.1. The van der Waals surface area contributed by atoms with Crippen LogP contribution < -0.4 is 10.6 Å². The lowest BCUT2D eigenvalue weighted by Gasteiger charge is -2.17. The molecule has 7 nitrogen and oxygen atoms in total. The van der Waals surface area contributed by atoms with Crippen molar-refractivity contribution in [2.75, 3.05) is 39.4 Å². The van der Waals surface area contributed by atoms with Crippen LogP contribution in [0.3, 0.4) is 0 Å². The minimum absolute atomic E-state index is 0. The van der Waals surface area contributed by atoms with E-state index in [4.69, 9.17) is 4.74 Å². The summed E-state index contributed by atoms with van der Waals surface area (Å²) in [4.78, 5) is 31.4. The van der Waals surface area contributed by atoms with Crippen LogP contribution in [0.15, 0.2) is 17.1 Å². The standard InChI is InChI=1S/C22H36N4O3.HI/c1-3-5-13-29-14-7-11-25-22(23-4-2)24-10-6-12-26-20(27)18-16-8-9-17(15-16)19(18)21(26)28;/h8-9,16-19H,3-7,10-15H2,1-2H3,(H2,23,24,25);1H. The molecule has 4 unspecified atom stereocenters. The number of nitrogens with zero attached hydrogens (tertiary/aromatic N) is 2. The Balaban J connectivity index is 0.00000320. The zero-order valence-corrected chi connectivity index (χ0v) is 20.6. The lowest BCUT2D eigenvalue weighted by molar-refractivity contribution is -0.140. The van der Waals surface area contributed by atoms with Crippen LogP contribution in [0.4, 0.5) is 0 Å². The molecule has 0 aromatic rings. The van der Waals surface area contributed by atoms with E-state index in [2.05, 4.69) is 34.7 Å². The highest BCUT2D eigenvalue weighted by Crippen LogP contribution is 2.52. The molecular weight excluding hydrogens is 495 g/mol. The Bertz CT molecular complexity index is 610. The predicted octanol–water partition coefficient (Wildman–Crippen LogP) is 2.56. The van der Waals surface area contributed by atoms with Gasteiger partial charge in [0.2, 0.25) is 11.8 Å². The number of allylic oxidation sites excluding steroid dienone is 2. The van der Waals surface area contributed by atoms with Gasteiger partial charge in [-0.2, -0.15) is 0 Å². The highest BCUT2D eigenvalue weighted by molar-refractivity contribution is 14.0. The number of nitrogens with one attached hydrogen (secondary N) is 2. The number of imide groups is 1. The van der Waals surface area contributed by atoms with Gasteiger partial charge in [0.15, 0.2) is 5.96 Å². The smallest absolute Gasteiger partial charge is 0.233 e. The quantitative estimate of drug-likeness (QED) is 0.101. The van der Waals surface area contributed by atoms with Crippen molar-refractivity contribution in [3.63, 3.8) is 0 Å². The molecule has 170 valence electrons.